The summed E-state index contributed by atoms with van der Waals surface area (Å²) >= 11 is 0. The van der Waals surface area contributed by atoms with E-state index in [-0.39, 0.29) is 17.2 Å². The second kappa shape index (κ2) is 9.11. The highest BCUT2D eigenvalue weighted by atomic mass is 19.1. The minimum atomic E-state index is -1.35. The van der Waals surface area contributed by atoms with Crippen molar-refractivity contribution in [1.29, 1.82) is 0 Å². The molecule has 0 radical (unpaired) electrons. The van der Waals surface area contributed by atoms with Gasteiger partial charge in [0, 0.05) is 26.9 Å². The number of nitrogens with zero attached hydrogens (tertiary/aromatic N) is 1. The summed E-state index contributed by atoms with van der Waals surface area (Å²) in [5.74, 6) is -2.12. The van der Waals surface area contributed by atoms with Crippen molar-refractivity contribution in [3.05, 3.63) is 65.2 Å². The van der Waals surface area contributed by atoms with Crippen molar-refractivity contribution in [3.8, 4) is 11.5 Å². The minimum absolute atomic E-state index is 0.232. The average Bonchev–Trinajstić information content (AvgIpc) is 2.75. The van der Waals surface area contributed by atoms with E-state index in [1.807, 2.05) is 4.90 Å². The van der Waals surface area contributed by atoms with Gasteiger partial charge in [-0.25, -0.2) is 14.0 Å². The molecular formula is C24H25FN2O6. The zero-order chi connectivity index (χ0) is 23.6. The van der Waals surface area contributed by atoms with Gasteiger partial charge in [-0.3, -0.25) is 0 Å². The molecule has 0 bridgehead atoms. The topological polar surface area (TPSA) is 86.3 Å². The Morgan fingerprint density at radius 3 is 2.36 bits per heavy atom. The highest BCUT2D eigenvalue weighted by molar-refractivity contribution is 6.16. The van der Waals surface area contributed by atoms with Crippen LogP contribution < -0.4 is 10.1 Å². The summed E-state index contributed by atoms with van der Waals surface area (Å²) in [6.45, 7) is 6.50. The molecule has 0 aliphatic carbocycles. The van der Waals surface area contributed by atoms with Crippen molar-refractivity contribution in [2.24, 2.45) is 0 Å². The van der Waals surface area contributed by atoms with Crippen molar-refractivity contribution < 1.29 is 32.9 Å². The van der Waals surface area contributed by atoms with Gasteiger partial charge in [0.05, 0.1) is 18.9 Å². The Morgan fingerprint density at radius 1 is 1.03 bits per heavy atom. The maximum Gasteiger partial charge on any atom is 0.352 e. The van der Waals surface area contributed by atoms with Crippen LogP contribution in [0.1, 0.15) is 19.4 Å². The van der Waals surface area contributed by atoms with Crippen molar-refractivity contribution in [2.45, 2.75) is 26.6 Å². The van der Waals surface area contributed by atoms with Gasteiger partial charge in [-0.15, -0.1) is 0 Å². The molecule has 0 saturated carbocycles. The van der Waals surface area contributed by atoms with Crippen molar-refractivity contribution in [3.63, 3.8) is 0 Å². The van der Waals surface area contributed by atoms with Crippen LogP contribution in [0.3, 0.4) is 0 Å². The maximum atomic E-state index is 13.5. The second-order valence-corrected chi connectivity index (χ2v) is 8.13. The summed E-state index contributed by atoms with van der Waals surface area (Å²) in [6.07, 6.45) is 0. The average molecular weight is 456 g/mol. The van der Waals surface area contributed by atoms with E-state index in [1.165, 1.54) is 26.0 Å². The fourth-order valence-corrected chi connectivity index (χ4v) is 3.56. The number of rotatable bonds is 5. The molecular weight excluding hydrogens is 431 g/mol. The zero-order valence-corrected chi connectivity index (χ0v) is 18.6. The van der Waals surface area contributed by atoms with Crippen molar-refractivity contribution >= 4 is 17.6 Å². The quantitative estimate of drug-likeness (QED) is 0.414. The summed E-state index contributed by atoms with van der Waals surface area (Å²) in [4.78, 5) is 27.4. The lowest BCUT2D eigenvalue weighted by Crippen LogP contribution is -2.46. The highest BCUT2D eigenvalue weighted by Gasteiger charge is 2.42. The largest absolute Gasteiger partial charge is 0.455 e. The van der Waals surface area contributed by atoms with E-state index in [1.54, 1.807) is 37.3 Å². The molecule has 2 heterocycles. The number of ether oxygens (including phenoxy) is 4. The number of hydrogen-bond donors (Lipinski definition) is 1. The SMILES string of the molecule is Cc1cc(F)ccc1Oc1ccccc1NC(=C1C(=O)OC(C)(C)OC1=O)N1CCOCC1. The number of carbonyl (C=O) groups is 2. The van der Waals surface area contributed by atoms with Crippen LogP contribution >= 0.6 is 0 Å². The van der Waals surface area contributed by atoms with Gasteiger partial charge in [-0.1, -0.05) is 12.1 Å². The molecule has 174 valence electrons. The first-order valence-corrected chi connectivity index (χ1v) is 10.6. The molecule has 0 atom stereocenters. The number of nitrogens with one attached hydrogen (secondary N) is 1. The first kappa shape index (κ1) is 22.6. The van der Waals surface area contributed by atoms with E-state index in [4.69, 9.17) is 18.9 Å². The Bertz CT molecular complexity index is 1090. The summed E-state index contributed by atoms with van der Waals surface area (Å²) in [6, 6.07) is 11.3. The van der Waals surface area contributed by atoms with E-state index in [2.05, 4.69) is 5.32 Å². The van der Waals surface area contributed by atoms with Gasteiger partial charge in [-0.2, -0.15) is 0 Å². The van der Waals surface area contributed by atoms with Gasteiger partial charge in [0.2, 0.25) is 0 Å². The predicted molar refractivity (Wildman–Crippen MR) is 117 cm³/mol. The fraction of sp³-hybridized carbons (Fsp3) is 0.333. The molecule has 0 spiro atoms. The van der Waals surface area contributed by atoms with Gasteiger partial charge in [0.15, 0.2) is 11.3 Å². The molecule has 2 aromatic rings. The molecule has 2 fully saturated rings. The molecule has 0 unspecified atom stereocenters. The van der Waals surface area contributed by atoms with Crippen molar-refractivity contribution in [1.82, 2.24) is 4.90 Å². The number of para-hydroxylation sites is 2. The summed E-state index contributed by atoms with van der Waals surface area (Å²) in [7, 11) is 0. The van der Waals surface area contributed by atoms with Gasteiger partial charge in [0.25, 0.3) is 5.79 Å². The normalized spacial score (nSPS) is 17.8. The number of anilines is 1. The molecule has 2 aliphatic heterocycles. The van der Waals surface area contributed by atoms with Gasteiger partial charge in [-0.05, 0) is 42.8 Å². The minimum Gasteiger partial charge on any atom is -0.455 e. The van der Waals surface area contributed by atoms with E-state index in [9.17, 15) is 14.0 Å². The molecule has 33 heavy (non-hydrogen) atoms. The number of carbonyl (C=O) groups excluding carboxylic acids is 2. The van der Waals surface area contributed by atoms with Gasteiger partial charge in [0.1, 0.15) is 17.4 Å². The molecule has 0 amide bonds. The molecule has 8 nitrogen and oxygen atoms in total. The third-order valence-corrected chi connectivity index (χ3v) is 5.15. The van der Waals surface area contributed by atoms with Crippen LogP contribution in [-0.2, 0) is 23.8 Å². The fourth-order valence-electron chi connectivity index (χ4n) is 3.56. The number of morpholine rings is 1. The monoisotopic (exact) mass is 456 g/mol. The van der Waals surface area contributed by atoms with Crippen LogP contribution in [0.4, 0.5) is 10.1 Å². The highest BCUT2D eigenvalue weighted by Crippen LogP contribution is 2.34. The number of halogens is 1. The second-order valence-electron chi connectivity index (χ2n) is 8.13. The lowest BCUT2D eigenvalue weighted by atomic mass is 10.1. The molecule has 0 aromatic heterocycles. The maximum absolute atomic E-state index is 13.5. The first-order chi connectivity index (χ1) is 15.7. The Labute approximate surface area is 190 Å². The molecule has 2 saturated heterocycles. The third-order valence-electron chi connectivity index (χ3n) is 5.15. The predicted octanol–water partition coefficient (Wildman–Crippen LogP) is 3.72. The molecule has 4 rings (SSSR count). The number of aryl methyl sites for hydroxylation is 1. The number of hydrogen-bond acceptors (Lipinski definition) is 8. The van der Waals surface area contributed by atoms with Crippen LogP contribution in [0.2, 0.25) is 0 Å². The van der Waals surface area contributed by atoms with Crippen LogP contribution in [-0.4, -0.2) is 48.9 Å². The Kier molecular flexibility index (Phi) is 6.24. The van der Waals surface area contributed by atoms with E-state index < -0.39 is 17.7 Å². The molecule has 2 aromatic carbocycles. The number of benzene rings is 2. The lowest BCUT2D eigenvalue weighted by molar-refractivity contribution is -0.222. The summed E-state index contributed by atoms with van der Waals surface area (Å²) < 4.78 is 35.6. The van der Waals surface area contributed by atoms with Crippen molar-refractivity contribution in [2.75, 3.05) is 31.6 Å². The van der Waals surface area contributed by atoms with Crippen LogP contribution in [0.5, 0.6) is 11.5 Å². The summed E-state index contributed by atoms with van der Waals surface area (Å²) in [5.41, 5.74) is 0.892. The number of cyclic esters (lactones) is 2. The van der Waals surface area contributed by atoms with E-state index in [0.717, 1.165) is 0 Å². The Hall–Kier alpha value is -3.59. The Morgan fingerprint density at radius 2 is 1.70 bits per heavy atom. The summed E-state index contributed by atoms with van der Waals surface area (Å²) in [5, 5.41) is 3.18. The lowest BCUT2D eigenvalue weighted by Gasteiger charge is -2.35. The Balaban J connectivity index is 1.72. The smallest absolute Gasteiger partial charge is 0.352 e. The van der Waals surface area contributed by atoms with Crippen LogP contribution in [0, 0.1) is 12.7 Å². The van der Waals surface area contributed by atoms with Crippen LogP contribution in [0.25, 0.3) is 0 Å². The number of esters is 2. The van der Waals surface area contributed by atoms with E-state index >= 15 is 0 Å². The van der Waals surface area contributed by atoms with E-state index in [0.29, 0.717) is 49.1 Å². The zero-order valence-electron chi connectivity index (χ0n) is 18.6. The van der Waals surface area contributed by atoms with Gasteiger partial charge < -0.3 is 29.2 Å². The third kappa shape index (κ3) is 5.09. The van der Waals surface area contributed by atoms with Crippen LogP contribution in [0.15, 0.2) is 53.9 Å². The van der Waals surface area contributed by atoms with Gasteiger partial charge >= 0.3 is 11.9 Å². The first-order valence-electron chi connectivity index (χ1n) is 10.6. The molecule has 2 aliphatic rings. The molecule has 1 N–H and O–H groups in total. The standard InChI is InChI=1S/C24H25FN2O6/c1-15-14-16(25)8-9-18(15)31-19-7-5-4-6-17(19)26-21(27-10-12-30-13-11-27)20-22(28)32-24(2,3)33-23(20)29/h4-9,14,26H,10-13H2,1-3H3. The molecule has 9 heteroatoms.